The van der Waals surface area contributed by atoms with Crippen LogP contribution in [0.15, 0.2) is 58.0 Å². The number of benzene rings is 1. The van der Waals surface area contributed by atoms with Crippen molar-refractivity contribution in [2.45, 2.75) is 12.2 Å². The van der Waals surface area contributed by atoms with E-state index in [1.165, 1.54) is 12.3 Å². The monoisotopic (exact) mass is 256 g/mol. The summed E-state index contributed by atoms with van der Waals surface area (Å²) in [6.07, 6.45) is 3.89. The number of hydrogen-bond donors (Lipinski definition) is 2. The summed E-state index contributed by atoms with van der Waals surface area (Å²) in [5.74, 6) is 0. The average molecular weight is 256 g/mol. The zero-order valence-corrected chi connectivity index (χ0v) is 9.98. The molecule has 4 nitrogen and oxygen atoms in total. The van der Waals surface area contributed by atoms with Crippen LogP contribution in [0.25, 0.3) is 16.5 Å². The van der Waals surface area contributed by atoms with Gasteiger partial charge < -0.3 is 14.6 Å². The van der Waals surface area contributed by atoms with Gasteiger partial charge >= 0.3 is 0 Å². The number of fused-ring (bicyclic) bond motifs is 1. The summed E-state index contributed by atoms with van der Waals surface area (Å²) in [6, 6.07) is 6.92. The first-order valence-electron chi connectivity index (χ1n) is 5.94. The molecule has 0 saturated heterocycles. The molecule has 96 valence electrons. The van der Waals surface area contributed by atoms with E-state index in [0.717, 1.165) is 0 Å². The van der Waals surface area contributed by atoms with Crippen LogP contribution in [0.5, 0.6) is 0 Å². The van der Waals surface area contributed by atoms with Crippen LogP contribution in [0.4, 0.5) is 0 Å². The van der Waals surface area contributed by atoms with Gasteiger partial charge in [-0.15, -0.1) is 0 Å². The lowest BCUT2D eigenvalue weighted by atomic mass is 9.93. The van der Waals surface area contributed by atoms with Gasteiger partial charge in [0.25, 0.3) is 0 Å². The quantitative estimate of drug-likeness (QED) is 0.810. The fourth-order valence-corrected chi connectivity index (χ4v) is 2.19. The summed E-state index contributed by atoms with van der Waals surface area (Å²) >= 11 is 0. The summed E-state index contributed by atoms with van der Waals surface area (Å²) in [6.45, 7) is 0. The first-order valence-corrected chi connectivity index (χ1v) is 5.94. The molecule has 0 saturated carbocycles. The predicted molar refractivity (Wildman–Crippen MR) is 71.6 cm³/mol. The van der Waals surface area contributed by atoms with Crippen molar-refractivity contribution >= 4 is 16.5 Å². The molecule has 0 fully saturated rings. The van der Waals surface area contributed by atoms with Crippen LogP contribution in [0.2, 0.25) is 0 Å². The summed E-state index contributed by atoms with van der Waals surface area (Å²) < 4.78 is 5.40. The second kappa shape index (κ2) is 4.50. The molecule has 0 unspecified atom stereocenters. The fraction of sp³-hybridized carbons (Fsp3) is 0.133. The average Bonchev–Trinajstić information content (AvgIpc) is 2.43. The molecule has 1 aromatic heterocycles. The third-order valence-electron chi connectivity index (χ3n) is 3.22. The summed E-state index contributed by atoms with van der Waals surface area (Å²) in [5, 5.41) is 20.0. The molecule has 1 aliphatic rings. The highest BCUT2D eigenvalue weighted by atomic mass is 16.3. The Hall–Kier alpha value is -2.17. The van der Waals surface area contributed by atoms with Crippen molar-refractivity contribution in [3.8, 4) is 0 Å². The van der Waals surface area contributed by atoms with E-state index in [0.29, 0.717) is 16.5 Å². The van der Waals surface area contributed by atoms with E-state index >= 15 is 0 Å². The summed E-state index contributed by atoms with van der Waals surface area (Å²) in [4.78, 5) is 12.4. The van der Waals surface area contributed by atoms with E-state index in [9.17, 15) is 15.0 Å². The third-order valence-corrected chi connectivity index (χ3v) is 3.22. The summed E-state index contributed by atoms with van der Waals surface area (Å²) in [5.41, 5.74) is 0.928. The van der Waals surface area contributed by atoms with Gasteiger partial charge in [0.05, 0.1) is 10.9 Å². The smallest absolute Gasteiger partial charge is 0.200 e. The van der Waals surface area contributed by atoms with Crippen LogP contribution >= 0.6 is 0 Å². The van der Waals surface area contributed by atoms with E-state index in [2.05, 4.69) is 0 Å². The molecule has 2 aromatic rings. The molecule has 0 spiro atoms. The van der Waals surface area contributed by atoms with Gasteiger partial charge in [0, 0.05) is 0 Å². The first-order chi connectivity index (χ1) is 9.18. The van der Waals surface area contributed by atoms with E-state index < -0.39 is 12.2 Å². The number of hydrogen-bond acceptors (Lipinski definition) is 4. The van der Waals surface area contributed by atoms with Gasteiger partial charge in [-0.05, 0) is 17.7 Å². The first kappa shape index (κ1) is 11.9. The van der Waals surface area contributed by atoms with Crippen molar-refractivity contribution in [2.75, 3.05) is 0 Å². The minimum atomic E-state index is -1.12. The Morgan fingerprint density at radius 3 is 2.79 bits per heavy atom. The SMILES string of the molecule is O=c1c(C2=CC=C[C@H](O)[C@@H]2O)coc2ccccc12. The van der Waals surface area contributed by atoms with Crippen LogP contribution < -0.4 is 5.43 Å². The lowest BCUT2D eigenvalue weighted by Gasteiger charge is -2.20. The molecular formula is C15H12O4. The largest absolute Gasteiger partial charge is 0.463 e. The Morgan fingerprint density at radius 1 is 1.16 bits per heavy atom. The van der Waals surface area contributed by atoms with E-state index in [4.69, 9.17) is 4.42 Å². The second-order valence-corrected chi connectivity index (χ2v) is 4.42. The highest BCUT2D eigenvalue weighted by Gasteiger charge is 2.24. The van der Waals surface area contributed by atoms with E-state index in [-0.39, 0.29) is 11.0 Å². The fourth-order valence-electron chi connectivity index (χ4n) is 2.19. The Labute approximate surface area is 108 Å². The minimum absolute atomic E-state index is 0.213. The van der Waals surface area contributed by atoms with Gasteiger partial charge in [0.2, 0.25) is 0 Å². The zero-order chi connectivity index (χ0) is 13.4. The van der Waals surface area contributed by atoms with Crippen molar-refractivity contribution in [3.05, 3.63) is 64.5 Å². The van der Waals surface area contributed by atoms with Crippen molar-refractivity contribution in [3.63, 3.8) is 0 Å². The molecule has 0 aliphatic heterocycles. The van der Waals surface area contributed by atoms with Crippen LogP contribution in [0, 0.1) is 0 Å². The highest BCUT2D eigenvalue weighted by Crippen LogP contribution is 2.24. The van der Waals surface area contributed by atoms with Gasteiger partial charge in [-0.25, -0.2) is 0 Å². The highest BCUT2D eigenvalue weighted by molar-refractivity contribution is 5.82. The van der Waals surface area contributed by atoms with Gasteiger partial charge in [-0.2, -0.15) is 0 Å². The molecule has 3 rings (SSSR count). The normalized spacial score (nSPS) is 22.5. The van der Waals surface area contributed by atoms with Crippen LogP contribution in [0.1, 0.15) is 5.56 Å². The Kier molecular flexibility index (Phi) is 2.81. The molecule has 1 heterocycles. The number of para-hydroxylation sites is 1. The maximum absolute atomic E-state index is 12.4. The number of rotatable bonds is 1. The molecule has 2 N–H and O–H groups in total. The van der Waals surface area contributed by atoms with Crippen molar-refractivity contribution in [2.24, 2.45) is 0 Å². The topological polar surface area (TPSA) is 70.7 Å². The van der Waals surface area contributed by atoms with Crippen molar-refractivity contribution < 1.29 is 14.6 Å². The Balaban J connectivity index is 2.22. The van der Waals surface area contributed by atoms with Gasteiger partial charge in [-0.1, -0.05) is 30.4 Å². The molecule has 1 aliphatic carbocycles. The lowest BCUT2D eigenvalue weighted by Crippen LogP contribution is -2.29. The van der Waals surface area contributed by atoms with Crippen LogP contribution in [0.3, 0.4) is 0 Å². The van der Waals surface area contributed by atoms with Gasteiger partial charge in [0.1, 0.15) is 24.1 Å². The molecule has 1 aromatic carbocycles. The second-order valence-electron chi connectivity index (χ2n) is 4.42. The van der Waals surface area contributed by atoms with Crippen molar-refractivity contribution in [1.29, 1.82) is 0 Å². The number of aliphatic hydroxyl groups is 2. The standard InChI is InChI=1S/C15H12O4/c16-12-6-3-5-9(15(12)18)11-8-19-13-7-2-1-4-10(13)14(11)17/h1-8,12,15-16,18H/t12-,15+/m0/s1. The number of aliphatic hydroxyl groups excluding tert-OH is 2. The van der Waals surface area contributed by atoms with Gasteiger partial charge in [0.15, 0.2) is 5.43 Å². The molecule has 19 heavy (non-hydrogen) atoms. The molecule has 0 bridgehead atoms. The maximum atomic E-state index is 12.4. The Bertz CT molecular complexity index is 739. The van der Waals surface area contributed by atoms with Crippen LogP contribution in [-0.4, -0.2) is 22.4 Å². The minimum Gasteiger partial charge on any atom is -0.463 e. The van der Waals surface area contributed by atoms with E-state index in [1.54, 1.807) is 36.4 Å². The summed E-state index contributed by atoms with van der Waals surface area (Å²) in [7, 11) is 0. The molecule has 0 radical (unpaired) electrons. The lowest BCUT2D eigenvalue weighted by molar-refractivity contribution is 0.0858. The maximum Gasteiger partial charge on any atom is 0.200 e. The zero-order valence-electron chi connectivity index (χ0n) is 9.98. The number of allylic oxidation sites excluding steroid dienone is 2. The van der Waals surface area contributed by atoms with E-state index in [1.807, 2.05) is 0 Å². The third kappa shape index (κ3) is 1.91. The molecule has 0 amide bonds. The molecule has 4 heteroatoms. The van der Waals surface area contributed by atoms with Gasteiger partial charge in [-0.3, -0.25) is 4.79 Å². The molecule has 2 atom stereocenters. The molecular weight excluding hydrogens is 244 g/mol. The van der Waals surface area contributed by atoms with Crippen molar-refractivity contribution in [1.82, 2.24) is 0 Å². The Morgan fingerprint density at radius 2 is 1.95 bits per heavy atom. The predicted octanol–water partition coefficient (Wildman–Crippen LogP) is 1.47. The van der Waals surface area contributed by atoms with Crippen LogP contribution in [-0.2, 0) is 0 Å².